The number of hydrogen-bond acceptors (Lipinski definition) is 4. The van der Waals surface area contributed by atoms with Crippen LogP contribution in [0.3, 0.4) is 0 Å². The molecule has 0 aliphatic rings. The highest BCUT2D eigenvalue weighted by atomic mass is 19.1. The molecule has 18 heavy (non-hydrogen) atoms. The van der Waals surface area contributed by atoms with Gasteiger partial charge in [-0.15, -0.1) is 0 Å². The van der Waals surface area contributed by atoms with Crippen LogP contribution in [0.1, 0.15) is 5.56 Å². The minimum Gasteiger partial charge on any atom is -0.493 e. The molecule has 0 unspecified atom stereocenters. The maximum Gasteiger partial charge on any atom is 0.170 e. The van der Waals surface area contributed by atoms with Crippen LogP contribution in [0.2, 0.25) is 0 Å². The van der Waals surface area contributed by atoms with Crippen molar-refractivity contribution in [3.8, 4) is 22.8 Å². The van der Waals surface area contributed by atoms with E-state index >= 15 is 0 Å². The van der Waals surface area contributed by atoms with Crippen molar-refractivity contribution in [2.24, 2.45) is 0 Å². The van der Waals surface area contributed by atoms with Crippen LogP contribution in [-0.4, -0.2) is 24.4 Å². The van der Waals surface area contributed by atoms with E-state index < -0.39 is 6.67 Å². The molecule has 2 rings (SSSR count). The van der Waals surface area contributed by atoms with Gasteiger partial charge in [-0.2, -0.15) is 5.10 Å². The predicted molar refractivity (Wildman–Crippen MR) is 66.4 cm³/mol. The molecule has 0 bridgehead atoms. The Hall–Kier alpha value is -2.24. The number of aromatic amines is 1. The van der Waals surface area contributed by atoms with E-state index in [0.29, 0.717) is 34.1 Å². The number of ether oxygens (including phenoxy) is 2. The van der Waals surface area contributed by atoms with Crippen molar-refractivity contribution in [2.45, 2.75) is 6.67 Å². The molecular weight excluding hydrogens is 237 g/mol. The molecule has 0 spiro atoms. The van der Waals surface area contributed by atoms with Gasteiger partial charge in [0.05, 0.1) is 19.9 Å². The zero-order valence-corrected chi connectivity index (χ0v) is 10.2. The number of nitrogens with zero attached hydrogens (tertiary/aromatic N) is 1. The molecule has 5 nitrogen and oxygen atoms in total. The summed E-state index contributed by atoms with van der Waals surface area (Å²) < 4.78 is 23.3. The van der Waals surface area contributed by atoms with E-state index in [1.165, 1.54) is 14.2 Å². The summed E-state index contributed by atoms with van der Waals surface area (Å²) in [5.41, 5.74) is 7.37. The molecule has 0 saturated carbocycles. The molecular formula is C12H14FN3O2. The normalized spacial score (nSPS) is 10.4. The molecule has 0 aliphatic carbocycles. The summed E-state index contributed by atoms with van der Waals surface area (Å²) in [5.74, 6) is 1.34. The Balaban J connectivity index is 2.63. The molecule has 6 heteroatoms. The van der Waals surface area contributed by atoms with Gasteiger partial charge in [-0.3, -0.25) is 5.10 Å². The Morgan fingerprint density at radius 2 is 2.06 bits per heavy atom. The van der Waals surface area contributed by atoms with Gasteiger partial charge in [0.2, 0.25) is 0 Å². The van der Waals surface area contributed by atoms with E-state index in [4.69, 9.17) is 15.2 Å². The van der Waals surface area contributed by atoms with Crippen LogP contribution in [0, 0.1) is 0 Å². The molecule has 0 saturated heterocycles. The first-order valence-electron chi connectivity index (χ1n) is 5.31. The van der Waals surface area contributed by atoms with E-state index in [1.807, 2.05) is 0 Å². The fourth-order valence-electron chi connectivity index (χ4n) is 1.77. The lowest BCUT2D eigenvalue weighted by atomic mass is 10.1. The zero-order chi connectivity index (χ0) is 13.1. The quantitative estimate of drug-likeness (QED) is 0.873. The summed E-state index contributed by atoms with van der Waals surface area (Å²) >= 11 is 0. The van der Waals surface area contributed by atoms with Crippen LogP contribution in [0.25, 0.3) is 11.3 Å². The second-order valence-corrected chi connectivity index (χ2v) is 3.72. The van der Waals surface area contributed by atoms with Gasteiger partial charge in [0, 0.05) is 11.6 Å². The van der Waals surface area contributed by atoms with Crippen LogP contribution < -0.4 is 15.2 Å². The summed E-state index contributed by atoms with van der Waals surface area (Å²) in [4.78, 5) is 0. The largest absolute Gasteiger partial charge is 0.493 e. The van der Waals surface area contributed by atoms with Gasteiger partial charge < -0.3 is 15.2 Å². The maximum atomic E-state index is 12.8. The average molecular weight is 251 g/mol. The van der Waals surface area contributed by atoms with Crippen molar-refractivity contribution in [2.75, 3.05) is 20.0 Å². The Morgan fingerprint density at radius 1 is 1.28 bits per heavy atom. The fraction of sp³-hybridized carbons (Fsp3) is 0.250. The van der Waals surface area contributed by atoms with Crippen molar-refractivity contribution >= 4 is 5.82 Å². The summed E-state index contributed by atoms with van der Waals surface area (Å²) in [6.07, 6.45) is 0. The number of halogens is 1. The predicted octanol–water partition coefficient (Wildman–Crippen LogP) is 2.15. The fourth-order valence-corrected chi connectivity index (χ4v) is 1.77. The topological polar surface area (TPSA) is 73.2 Å². The smallest absolute Gasteiger partial charge is 0.170 e. The van der Waals surface area contributed by atoms with Crippen molar-refractivity contribution in [1.29, 1.82) is 0 Å². The minimum absolute atomic E-state index is 0.358. The second-order valence-electron chi connectivity index (χ2n) is 3.72. The van der Waals surface area contributed by atoms with Gasteiger partial charge in [-0.25, -0.2) is 4.39 Å². The van der Waals surface area contributed by atoms with E-state index in [2.05, 4.69) is 10.2 Å². The molecule has 1 aromatic heterocycles. The highest BCUT2D eigenvalue weighted by Gasteiger charge is 2.15. The highest BCUT2D eigenvalue weighted by Crippen LogP contribution is 2.39. The standard InChI is InChI=1S/C12H14FN3O2/c1-17-10-4-7(6-13)3-8(12(10)18-2)9-5-11(14)16-15-9/h3-5H,6H2,1-2H3,(H3,14,15,16). The van der Waals surface area contributed by atoms with E-state index in [1.54, 1.807) is 18.2 Å². The molecule has 0 atom stereocenters. The number of alkyl halides is 1. The number of methoxy groups -OCH3 is 2. The second kappa shape index (κ2) is 4.95. The van der Waals surface area contributed by atoms with Crippen LogP contribution in [-0.2, 0) is 6.67 Å². The Labute approximate surface area is 104 Å². The van der Waals surface area contributed by atoms with E-state index in [9.17, 15) is 4.39 Å². The van der Waals surface area contributed by atoms with Crippen LogP contribution in [0.4, 0.5) is 10.2 Å². The van der Waals surface area contributed by atoms with Crippen molar-refractivity contribution < 1.29 is 13.9 Å². The molecule has 2 aromatic rings. The number of nitrogen functional groups attached to an aromatic ring is 1. The van der Waals surface area contributed by atoms with Crippen molar-refractivity contribution in [1.82, 2.24) is 10.2 Å². The number of nitrogens with two attached hydrogens (primary N) is 1. The Bertz CT molecular complexity index is 554. The number of H-pyrrole nitrogens is 1. The number of rotatable bonds is 4. The lowest BCUT2D eigenvalue weighted by Gasteiger charge is -2.13. The average Bonchev–Trinajstić information content (AvgIpc) is 2.83. The van der Waals surface area contributed by atoms with Gasteiger partial charge in [-0.05, 0) is 17.7 Å². The molecule has 0 fully saturated rings. The lowest BCUT2D eigenvalue weighted by Crippen LogP contribution is -1.95. The van der Waals surface area contributed by atoms with Gasteiger partial charge in [0.15, 0.2) is 11.5 Å². The van der Waals surface area contributed by atoms with Crippen molar-refractivity contribution in [3.63, 3.8) is 0 Å². The first kappa shape index (κ1) is 12.2. The number of benzene rings is 1. The van der Waals surface area contributed by atoms with E-state index in [-0.39, 0.29) is 0 Å². The van der Waals surface area contributed by atoms with Crippen LogP contribution >= 0.6 is 0 Å². The van der Waals surface area contributed by atoms with Gasteiger partial charge in [0.1, 0.15) is 12.5 Å². The molecule has 96 valence electrons. The molecule has 1 aromatic carbocycles. The molecule has 0 aliphatic heterocycles. The third kappa shape index (κ3) is 2.09. The number of hydrogen-bond donors (Lipinski definition) is 2. The number of anilines is 1. The van der Waals surface area contributed by atoms with Gasteiger partial charge >= 0.3 is 0 Å². The first-order chi connectivity index (χ1) is 8.69. The summed E-state index contributed by atoms with van der Waals surface area (Å²) in [7, 11) is 3.03. The van der Waals surface area contributed by atoms with E-state index in [0.717, 1.165) is 0 Å². The first-order valence-corrected chi connectivity index (χ1v) is 5.31. The highest BCUT2D eigenvalue weighted by molar-refractivity contribution is 5.73. The van der Waals surface area contributed by atoms with Gasteiger partial charge in [0.25, 0.3) is 0 Å². The third-order valence-electron chi connectivity index (χ3n) is 2.58. The molecule has 0 radical (unpaired) electrons. The van der Waals surface area contributed by atoms with Crippen LogP contribution in [0.15, 0.2) is 18.2 Å². The molecule has 0 amide bonds. The Morgan fingerprint density at radius 3 is 2.56 bits per heavy atom. The molecule has 3 N–H and O–H groups in total. The summed E-state index contributed by atoms with van der Waals surface area (Å²) in [6.45, 7) is -0.586. The monoisotopic (exact) mass is 251 g/mol. The van der Waals surface area contributed by atoms with Crippen molar-refractivity contribution in [3.05, 3.63) is 23.8 Å². The lowest BCUT2D eigenvalue weighted by molar-refractivity contribution is 0.354. The maximum absolute atomic E-state index is 12.8. The third-order valence-corrected chi connectivity index (χ3v) is 2.58. The summed E-state index contributed by atoms with van der Waals surface area (Å²) in [5, 5.41) is 6.61. The summed E-state index contributed by atoms with van der Waals surface area (Å²) in [6, 6.07) is 4.93. The molecule has 1 heterocycles. The number of aromatic nitrogens is 2. The van der Waals surface area contributed by atoms with Gasteiger partial charge in [-0.1, -0.05) is 0 Å². The Kier molecular flexibility index (Phi) is 3.36. The zero-order valence-electron chi connectivity index (χ0n) is 10.2. The SMILES string of the molecule is COc1cc(CF)cc(-c2cc(N)n[nH]2)c1OC. The van der Waals surface area contributed by atoms with Crippen LogP contribution in [0.5, 0.6) is 11.5 Å². The number of nitrogens with one attached hydrogen (secondary N) is 1. The minimum atomic E-state index is -0.586.